The third-order valence-electron chi connectivity index (χ3n) is 5.06. The van der Waals surface area contributed by atoms with Crippen LogP contribution in [0.1, 0.15) is 13.8 Å². The first kappa shape index (κ1) is 24.9. The molecule has 0 aliphatic heterocycles. The largest absolute Gasteiger partial charge is 0.457 e. The van der Waals surface area contributed by atoms with Gasteiger partial charge in [0.05, 0.1) is 22.7 Å². The summed E-state index contributed by atoms with van der Waals surface area (Å²) >= 11 is 0. The van der Waals surface area contributed by atoms with E-state index in [-0.39, 0.29) is 11.8 Å². The van der Waals surface area contributed by atoms with Crippen molar-refractivity contribution in [3.8, 4) is 11.5 Å². The van der Waals surface area contributed by atoms with Crippen molar-refractivity contribution in [3.05, 3.63) is 97.1 Å². The molecule has 0 aromatic heterocycles. The van der Waals surface area contributed by atoms with Gasteiger partial charge in [0.1, 0.15) is 11.5 Å². The first-order valence-electron chi connectivity index (χ1n) is 11.6. The van der Waals surface area contributed by atoms with Crippen LogP contribution in [0.2, 0.25) is 0 Å². The summed E-state index contributed by atoms with van der Waals surface area (Å²) in [6, 6.07) is 29.9. The van der Waals surface area contributed by atoms with Crippen LogP contribution in [0.3, 0.4) is 0 Å². The van der Waals surface area contributed by atoms with E-state index in [0.717, 1.165) is 34.1 Å². The predicted molar refractivity (Wildman–Crippen MR) is 149 cm³/mol. The van der Waals surface area contributed by atoms with Crippen molar-refractivity contribution >= 4 is 45.9 Å². The van der Waals surface area contributed by atoms with Crippen molar-refractivity contribution in [1.29, 1.82) is 0 Å². The zero-order chi connectivity index (χ0) is 26.0. The Bertz CT molecular complexity index is 1220. The van der Waals surface area contributed by atoms with Crippen LogP contribution in [0.25, 0.3) is 0 Å². The highest BCUT2D eigenvalue weighted by atomic mass is 16.5. The minimum absolute atomic E-state index is 0.103. The van der Waals surface area contributed by atoms with E-state index in [4.69, 9.17) is 4.74 Å². The van der Waals surface area contributed by atoms with Gasteiger partial charge >= 0.3 is 0 Å². The molecule has 0 bridgehead atoms. The second kappa shape index (κ2) is 12.0. The molecule has 6 N–H and O–H groups in total. The lowest BCUT2D eigenvalue weighted by molar-refractivity contribution is -0.115. The standard InChI is InChI=1S/C28H28N6O3/c1-19(35)29-21-3-7-23(8-4-21)31-33-25-11-15-27(16-12-25)37-28-17-13-26(14-18-28)34-32-24-9-5-22(6-10-24)30-20(2)36/h3-18,31-34H,1-2H3,(H,29,35)(H,30,36). The Hall–Kier alpha value is -5.18. The molecule has 0 atom stereocenters. The fraction of sp³-hybridized carbons (Fsp3) is 0.0714. The van der Waals surface area contributed by atoms with Crippen molar-refractivity contribution in [2.75, 3.05) is 32.3 Å². The molecule has 0 aliphatic carbocycles. The Kier molecular flexibility index (Phi) is 8.07. The zero-order valence-electron chi connectivity index (χ0n) is 20.5. The third kappa shape index (κ3) is 7.93. The van der Waals surface area contributed by atoms with E-state index in [0.29, 0.717) is 11.5 Å². The van der Waals surface area contributed by atoms with Crippen LogP contribution < -0.4 is 37.1 Å². The first-order valence-corrected chi connectivity index (χ1v) is 11.6. The lowest BCUT2D eigenvalue weighted by atomic mass is 10.2. The van der Waals surface area contributed by atoms with Crippen molar-refractivity contribution in [2.24, 2.45) is 0 Å². The molecule has 4 aromatic rings. The molecular weight excluding hydrogens is 468 g/mol. The summed E-state index contributed by atoms with van der Waals surface area (Å²) in [5, 5.41) is 5.47. The molecule has 0 saturated heterocycles. The summed E-state index contributed by atoms with van der Waals surface area (Å²) in [5.74, 6) is 1.22. The van der Waals surface area contributed by atoms with Crippen LogP contribution in [0.15, 0.2) is 97.1 Å². The molecule has 0 saturated carbocycles. The highest BCUT2D eigenvalue weighted by molar-refractivity contribution is 5.89. The smallest absolute Gasteiger partial charge is 0.221 e. The van der Waals surface area contributed by atoms with Crippen LogP contribution in [-0.2, 0) is 9.59 Å². The average molecular weight is 497 g/mol. The fourth-order valence-electron chi connectivity index (χ4n) is 3.32. The highest BCUT2D eigenvalue weighted by Crippen LogP contribution is 2.25. The summed E-state index contributed by atoms with van der Waals surface area (Å²) in [6.07, 6.45) is 0. The number of benzene rings is 4. The molecule has 0 spiro atoms. The van der Waals surface area contributed by atoms with Gasteiger partial charge in [-0.1, -0.05) is 0 Å². The van der Waals surface area contributed by atoms with Crippen LogP contribution in [-0.4, -0.2) is 11.8 Å². The minimum Gasteiger partial charge on any atom is -0.457 e. The number of anilines is 6. The quantitative estimate of drug-likeness (QED) is 0.143. The van der Waals surface area contributed by atoms with Gasteiger partial charge in [-0.05, 0) is 97.1 Å². The topological polar surface area (TPSA) is 116 Å². The van der Waals surface area contributed by atoms with E-state index in [9.17, 15) is 9.59 Å². The molecule has 188 valence electrons. The van der Waals surface area contributed by atoms with E-state index in [2.05, 4.69) is 32.3 Å². The van der Waals surface area contributed by atoms with Gasteiger partial charge in [-0.2, -0.15) is 0 Å². The Balaban J connectivity index is 1.23. The molecule has 9 nitrogen and oxygen atoms in total. The van der Waals surface area contributed by atoms with Crippen molar-refractivity contribution in [1.82, 2.24) is 0 Å². The van der Waals surface area contributed by atoms with Gasteiger partial charge in [0.15, 0.2) is 0 Å². The third-order valence-corrected chi connectivity index (χ3v) is 5.06. The Morgan fingerprint density at radius 2 is 0.676 bits per heavy atom. The molecule has 4 aromatic carbocycles. The van der Waals surface area contributed by atoms with Crippen LogP contribution in [0.5, 0.6) is 11.5 Å². The number of nitrogens with one attached hydrogen (secondary N) is 6. The van der Waals surface area contributed by atoms with E-state index >= 15 is 0 Å². The summed E-state index contributed by atoms with van der Waals surface area (Å²) in [6.45, 7) is 2.96. The first-order chi connectivity index (χ1) is 17.9. The molecule has 4 rings (SSSR count). The van der Waals surface area contributed by atoms with E-state index in [1.165, 1.54) is 13.8 Å². The Morgan fingerprint density at radius 3 is 0.946 bits per heavy atom. The molecule has 0 radical (unpaired) electrons. The normalized spacial score (nSPS) is 10.1. The van der Waals surface area contributed by atoms with Gasteiger partial charge in [-0.25, -0.2) is 0 Å². The highest BCUT2D eigenvalue weighted by Gasteiger charge is 2.01. The molecule has 0 fully saturated rings. The number of carbonyl (C=O) groups excluding carboxylic acids is 2. The monoisotopic (exact) mass is 496 g/mol. The summed E-state index contributed by atoms with van der Waals surface area (Å²) in [5.41, 5.74) is 17.4. The average Bonchev–Trinajstić information content (AvgIpc) is 2.89. The SMILES string of the molecule is CC(=O)Nc1ccc(NNc2ccc(Oc3ccc(NNc4ccc(NC(C)=O)cc4)cc3)cc2)cc1. The molecule has 37 heavy (non-hydrogen) atoms. The van der Waals surface area contributed by atoms with Gasteiger partial charge in [0.25, 0.3) is 0 Å². The van der Waals surface area contributed by atoms with E-state index < -0.39 is 0 Å². The summed E-state index contributed by atoms with van der Waals surface area (Å²) in [4.78, 5) is 22.2. The molecular formula is C28H28N6O3. The summed E-state index contributed by atoms with van der Waals surface area (Å²) < 4.78 is 5.94. The lowest BCUT2D eigenvalue weighted by Crippen LogP contribution is -2.09. The number of ether oxygens (including phenoxy) is 1. The fourth-order valence-corrected chi connectivity index (χ4v) is 3.32. The Labute approximate surface area is 215 Å². The molecule has 0 unspecified atom stereocenters. The van der Waals surface area contributed by atoms with Gasteiger partial charge in [-0.3, -0.25) is 9.59 Å². The van der Waals surface area contributed by atoms with Gasteiger partial charge in [-0.15, -0.1) is 0 Å². The zero-order valence-corrected chi connectivity index (χ0v) is 20.5. The van der Waals surface area contributed by atoms with E-state index in [1.54, 1.807) is 0 Å². The molecule has 2 amide bonds. The second-order valence-corrected chi connectivity index (χ2v) is 8.17. The molecule has 0 heterocycles. The number of hydrogen-bond donors (Lipinski definition) is 6. The minimum atomic E-state index is -0.103. The van der Waals surface area contributed by atoms with Crippen LogP contribution >= 0.6 is 0 Å². The number of carbonyl (C=O) groups is 2. The van der Waals surface area contributed by atoms with Crippen molar-refractivity contribution < 1.29 is 14.3 Å². The summed E-state index contributed by atoms with van der Waals surface area (Å²) in [7, 11) is 0. The molecule has 9 heteroatoms. The maximum Gasteiger partial charge on any atom is 0.221 e. The van der Waals surface area contributed by atoms with Gasteiger partial charge in [0.2, 0.25) is 11.8 Å². The second-order valence-electron chi connectivity index (χ2n) is 8.17. The maximum atomic E-state index is 11.1. The van der Waals surface area contributed by atoms with Crippen molar-refractivity contribution in [2.45, 2.75) is 13.8 Å². The number of hydrogen-bond acceptors (Lipinski definition) is 7. The van der Waals surface area contributed by atoms with Crippen LogP contribution in [0, 0.1) is 0 Å². The van der Waals surface area contributed by atoms with Crippen LogP contribution in [0.4, 0.5) is 34.1 Å². The lowest BCUT2D eigenvalue weighted by Gasteiger charge is -2.12. The van der Waals surface area contributed by atoms with Gasteiger partial charge < -0.3 is 37.1 Å². The number of rotatable bonds is 10. The number of amides is 2. The maximum absolute atomic E-state index is 11.1. The number of hydrazine groups is 2. The van der Waals surface area contributed by atoms with E-state index in [1.807, 2.05) is 97.1 Å². The molecule has 0 aliphatic rings. The Morgan fingerprint density at radius 1 is 0.432 bits per heavy atom. The van der Waals surface area contributed by atoms with Gasteiger partial charge in [0, 0.05) is 25.2 Å². The van der Waals surface area contributed by atoms with Crippen molar-refractivity contribution in [3.63, 3.8) is 0 Å². The predicted octanol–water partition coefficient (Wildman–Crippen LogP) is 6.27.